The molecule has 0 aliphatic carbocycles. The highest BCUT2D eigenvalue weighted by atomic mass is 32.1. The number of thiophene rings is 1. The summed E-state index contributed by atoms with van der Waals surface area (Å²) in [7, 11) is 0. The van der Waals surface area contributed by atoms with E-state index in [9.17, 15) is 20.0 Å². The van der Waals surface area contributed by atoms with Gasteiger partial charge in [0.05, 0.1) is 23.8 Å². The van der Waals surface area contributed by atoms with Crippen LogP contribution in [-0.2, 0) is 14.3 Å². The Kier molecular flexibility index (Phi) is 7.90. The fourth-order valence-corrected chi connectivity index (χ4v) is 6.18. The lowest BCUT2D eigenvalue weighted by Gasteiger charge is -2.19. The Morgan fingerprint density at radius 3 is 2.42 bits per heavy atom. The van der Waals surface area contributed by atoms with Crippen molar-refractivity contribution in [1.82, 2.24) is 14.8 Å². The lowest BCUT2D eigenvalue weighted by molar-refractivity contribution is -0.157. The van der Waals surface area contributed by atoms with E-state index in [0.29, 0.717) is 34.2 Å². The zero-order valence-electron chi connectivity index (χ0n) is 24.8. The first-order valence-corrected chi connectivity index (χ1v) is 14.5. The number of fused-ring (bicyclic) bond motifs is 3. The molecule has 0 spiro atoms. The molecule has 0 amide bonds. The number of carboxylic acids is 1. The molecule has 0 bridgehead atoms. The van der Waals surface area contributed by atoms with E-state index in [2.05, 4.69) is 16.3 Å². The lowest BCUT2D eigenvalue weighted by atomic mass is 9.95. The average Bonchev–Trinajstić information content (AvgIpc) is 3.42. The van der Waals surface area contributed by atoms with E-state index in [0.717, 1.165) is 32.1 Å². The van der Waals surface area contributed by atoms with Crippen molar-refractivity contribution in [3.05, 3.63) is 81.2 Å². The minimum Gasteiger partial charge on any atom is -0.482 e. The summed E-state index contributed by atoms with van der Waals surface area (Å²) in [5.41, 5.74) is 4.77. The van der Waals surface area contributed by atoms with Crippen LogP contribution in [0.4, 0.5) is 0 Å². The van der Waals surface area contributed by atoms with Crippen molar-refractivity contribution in [3.8, 4) is 27.9 Å². The largest absolute Gasteiger partial charge is 0.482 e. The van der Waals surface area contributed by atoms with E-state index >= 15 is 0 Å². The van der Waals surface area contributed by atoms with E-state index in [-0.39, 0.29) is 13.0 Å². The zero-order chi connectivity index (χ0) is 31.1. The summed E-state index contributed by atoms with van der Waals surface area (Å²) in [5, 5.41) is 29.0. The number of nitrogens with zero attached hydrogens (tertiary/aromatic N) is 5. The molecule has 1 N–H and O–H groups in total. The number of carbonyl (C=O) groups is 2. The minimum atomic E-state index is -0.976. The molecule has 4 aromatic rings. The minimum absolute atomic E-state index is 0.222. The van der Waals surface area contributed by atoms with Crippen LogP contribution in [0.25, 0.3) is 16.1 Å². The molecule has 43 heavy (non-hydrogen) atoms. The van der Waals surface area contributed by atoms with Crippen molar-refractivity contribution >= 4 is 29.0 Å². The molecule has 1 aliphatic rings. The number of aliphatic carboxylic acids is 1. The van der Waals surface area contributed by atoms with E-state index < -0.39 is 23.6 Å². The summed E-state index contributed by atoms with van der Waals surface area (Å²) in [4.78, 5) is 29.9. The van der Waals surface area contributed by atoms with Gasteiger partial charge in [-0.1, -0.05) is 24.3 Å². The number of carbonyl (C=O) groups excluding carboxylic acids is 1. The van der Waals surface area contributed by atoms with Gasteiger partial charge in [0.25, 0.3) is 0 Å². The van der Waals surface area contributed by atoms with Gasteiger partial charge in [0.15, 0.2) is 12.4 Å². The smallest absolute Gasteiger partial charge is 0.344 e. The molecule has 0 saturated carbocycles. The van der Waals surface area contributed by atoms with Crippen LogP contribution in [-0.4, -0.2) is 49.7 Å². The first kappa shape index (κ1) is 29.7. The molecule has 1 atom stereocenters. The second-order valence-corrected chi connectivity index (χ2v) is 12.5. The van der Waals surface area contributed by atoms with Crippen molar-refractivity contribution in [2.75, 3.05) is 6.61 Å². The molecule has 0 unspecified atom stereocenters. The molecule has 10 nitrogen and oxygen atoms in total. The monoisotopic (exact) mass is 597 g/mol. The summed E-state index contributed by atoms with van der Waals surface area (Å²) in [6.07, 6.45) is -0.222. The van der Waals surface area contributed by atoms with Gasteiger partial charge in [-0.15, -0.1) is 21.5 Å². The number of benzene rings is 2. The predicted molar refractivity (Wildman–Crippen MR) is 162 cm³/mol. The quantitative estimate of drug-likeness (QED) is 0.261. The van der Waals surface area contributed by atoms with Gasteiger partial charge in [0.2, 0.25) is 0 Å². The maximum atomic E-state index is 12.0. The average molecular weight is 598 g/mol. The van der Waals surface area contributed by atoms with Crippen LogP contribution in [0.2, 0.25) is 0 Å². The Labute approximate surface area is 253 Å². The van der Waals surface area contributed by atoms with Crippen LogP contribution < -0.4 is 4.74 Å². The van der Waals surface area contributed by atoms with Crippen molar-refractivity contribution in [2.45, 2.75) is 59.6 Å². The normalized spacial score (nSPS) is 14.2. The van der Waals surface area contributed by atoms with Crippen LogP contribution in [0.1, 0.15) is 72.0 Å². The third-order valence-electron chi connectivity index (χ3n) is 6.96. The molecular weight excluding hydrogens is 566 g/mol. The number of aliphatic imine (C=N–C) groups is 1. The van der Waals surface area contributed by atoms with Crippen molar-refractivity contribution in [1.29, 1.82) is 5.26 Å². The fourth-order valence-electron chi connectivity index (χ4n) is 4.97. The van der Waals surface area contributed by atoms with Crippen LogP contribution in [0.5, 0.6) is 5.75 Å². The molecular formula is C32H31N5O5S. The second-order valence-electron chi connectivity index (χ2n) is 11.3. The summed E-state index contributed by atoms with van der Waals surface area (Å²) in [6, 6.07) is 14.3. The van der Waals surface area contributed by atoms with E-state index in [1.807, 2.05) is 49.6 Å². The highest BCUT2D eigenvalue weighted by Crippen LogP contribution is 2.40. The molecule has 220 valence electrons. The molecule has 5 rings (SSSR count). The van der Waals surface area contributed by atoms with Gasteiger partial charge in [-0.2, -0.15) is 5.26 Å². The standard InChI is InChI=1S/C32H31N5O5S/c1-17-18(2)43-31-28(17)29(34-25(14-26(38)39)30-36-35-19(3)37(30)31)21-9-7-20(8-10-21)24-12-11-23(13-22(24)15-33)41-16-27(40)42-32(4,5)6/h7-13,25H,14,16H2,1-6H3,(H,38,39)/t25-/m0/s1. The Morgan fingerprint density at radius 2 is 1.77 bits per heavy atom. The van der Waals surface area contributed by atoms with Crippen molar-refractivity contribution in [2.24, 2.45) is 4.99 Å². The van der Waals surface area contributed by atoms with Gasteiger partial charge in [-0.25, -0.2) is 4.79 Å². The topological polar surface area (TPSA) is 140 Å². The van der Waals surface area contributed by atoms with Gasteiger partial charge < -0.3 is 14.6 Å². The van der Waals surface area contributed by atoms with Crippen molar-refractivity contribution < 1.29 is 24.2 Å². The maximum Gasteiger partial charge on any atom is 0.344 e. The van der Waals surface area contributed by atoms with Crippen LogP contribution in [0, 0.1) is 32.1 Å². The Bertz CT molecular complexity index is 1810. The number of aryl methyl sites for hydroxylation is 2. The number of aromatic nitrogens is 3. The molecule has 11 heteroatoms. The number of hydrogen-bond donors (Lipinski definition) is 1. The Balaban J connectivity index is 1.49. The van der Waals surface area contributed by atoms with Gasteiger partial charge in [-0.05, 0) is 76.4 Å². The number of rotatable bonds is 7. The molecule has 1 aliphatic heterocycles. The number of esters is 1. The number of nitriles is 1. The third-order valence-corrected chi connectivity index (χ3v) is 8.16. The van der Waals surface area contributed by atoms with Gasteiger partial charge in [0, 0.05) is 16.0 Å². The first-order valence-electron chi connectivity index (χ1n) is 13.7. The number of carboxylic acid groups (broad SMARTS) is 1. The predicted octanol–water partition coefficient (Wildman–Crippen LogP) is 5.88. The summed E-state index contributed by atoms with van der Waals surface area (Å²) < 4.78 is 12.8. The molecule has 2 aromatic carbocycles. The van der Waals surface area contributed by atoms with Gasteiger partial charge in [-0.3, -0.25) is 14.4 Å². The molecule has 0 saturated heterocycles. The fraction of sp³-hybridized carbons (Fsp3) is 0.312. The van der Waals surface area contributed by atoms with E-state index in [1.54, 1.807) is 50.3 Å². The van der Waals surface area contributed by atoms with Crippen LogP contribution in [0.3, 0.4) is 0 Å². The maximum absolute atomic E-state index is 12.0. The van der Waals surface area contributed by atoms with Gasteiger partial charge in [0.1, 0.15) is 28.2 Å². The highest BCUT2D eigenvalue weighted by Gasteiger charge is 2.32. The first-order chi connectivity index (χ1) is 20.4. The zero-order valence-corrected chi connectivity index (χ0v) is 25.6. The van der Waals surface area contributed by atoms with Crippen LogP contribution in [0.15, 0.2) is 47.5 Å². The second kappa shape index (κ2) is 11.5. The SMILES string of the molecule is Cc1sc2c(c1C)C(c1ccc(-c3ccc(OCC(=O)OC(C)(C)C)cc3C#N)cc1)=N[C@@H](CC(=O)O)c1nnc(C)n1-2. The molecule has 2 aromatic heterocycles. The molecule has 0 radical (unpaired) electrons. The summed E-state index contributed by atoms with van der Waals surface area (Å²) >= 11 is 1.60. The number of ether oxygens (including phenoxy) is 2. The molecule has 3 heterocycles. The van der Waals surface area contributed by atoms with Crippen molar-refractivity contribution in [3.63, 3.8) is 0 Å². The third kappa shape index (κ3) is 6.05. The summed E-state index contributed by atoms with van der Waals surface area (Å²) in [5.74, 6) is 0.0882. The van der Waals surface area contributed by atoms with E-state index in [4.69, 9.17) is 14.5 Å². The summed E-state index contributed by atoms with van der Waals surface area (Å²) in [6.45, 7) is 11.0. The highest BCUT2D eigenvalue weighted by molar-refractivity contribution is 7.15. The Morgan fingerprint density at radius 1 is 1.07 bits per heavy atom. The Hall–Kier alpha value is -4.82. The van der Waals surface area contributed by atoms with E-state index in [1.165, 1.54) is 0 Å². The van der Waals surface area contributed by atoms with Crippen LogP contribution >= 0.6 is 11.3 Å². The lowest BCUT2D eigenvalue weighted by Crippen LogP contribution is -2.27. The number of hydrogen-bond acceptors (Lipinski definition) is 9. The van der Waals surface area contributed by atoms with Gasteiger partial charge >= 0.3 is 11.9 Å². The molecule has 0 fully saturated rings.